The lowest BCUT2D eigenvalue weighted by molar-refractivity contribution is -0.137. The molecule has 0 aliphatic carbocycles. The highest BCUT2D eigenvalue weighted by atomic mass is 35.5. The van der Waals surface area contributed by atoms with Crippen molar-refractivity contribution in [2.75, 3.05) is 0 Å². The molecule has 0 saturated carbocycles. The van der Waals surface area contributed by atoms with E-state index in [-0.39, 0.29) is 17.3 Å². The molecule has 0 amide bonds. The molecule has 0 unspecified atom stereocenters. The number of pyridine rings is 1. The van der Waals surface area contributed by atoms with Crippen molar-refractivity contribution in [2.45, 2.75) is 6.18 Å². The third-order valence-electron chi connectivity index (χ3n) is 2.88. The molecule has 0 aliphatic heterocycles. The van der Waals surface area contributed by atoms with Crippen molar-refractivity contribution in [1.82, 2.24) is 15.1 Å². The Morgan fingerprint density at radius 3 is 2.45 bits per heavy atom. The summed E-state index contributed by atoms with van der Waals surface area (Å²) in [6.45, 7) is 0. The molecule has 112 valence electrons. The van der Waals surface area contributed by atoms with Gasteiger partial charge in [-0.3, -0.25) is 4.98 Å². The van der Waals surface area contributed by atoms with E-state index in [9.17, 15) is 13.2 Å². The molecule has 3 rings (SSSR count). The lowest BCUT2D eigenvalue weighted by Gasteiger charge is -2.08. The monoisotopic (exact) mass is 325 g/mol. The van der Waals surface area contributed by atoms with Crippen molar-refractivity contribution < 1.29 is 17.7 Å². The lowest BCUT2D eigenvalue weighted by atomic mass is 10.1. The SMILES string of the molecule is FC(F)(F)c1ccncc1-c1noc(-c2ccc(Cl)cc2)n1. The van der Waals surface area contributed by atoms with Crippen LogP contribution in [0.4, 0.5) is 13.2 Å². The lowest BCUT2D eigenvalue weighted by Crippen LogP contribution is -2.07. The van der Waals surface area contributed by atoms with Gasteiger partial charge in [-0.15, -0.1) is 0 Å². The predicted molar refractivity (Wildman–Crippen MR) is 73.0 cm³/mol. The van der Waals surface area contributed by atoms with Crippen LogP contribution in [0, 0.1) is 0 Å². The number of halogens is 4. The first-order valence-electron chi connectivity index (χ1n) is 6.06. The van der Waals surface area contributed by atoms with Gasteiger partial charge in [0.1, 0.15) is 0 Å². The minimum atomic E-state index is -4.53. The maximum Gasteiger partial charge on any atom is 0.417 e. The van der Waals surface area contributed by atoms with Crippen LogP contribution in [-0.2, 0) is 6.18 Å². The Hall–Kier alpha value is -2.41. The Labute approximate surface area is 127 Å². The van der Waals surface area contributed by atoms with Crippen LogP contribution in [0.5, 0.6) is 0 Å². The maximum atomic E-state index is 13.0. The Balaban J connectivity index is 2.03. The average molecular weight is 326 g/mol. The van der Waals surface area contributed by atoms with E-state index in [2.05, 4.69) is 15.1 Å². The van der Waals surface area contributed by atoms with Crippen LogP contribution in [0.2, 0.25) is 5.02 Å². The molecule has 0 atom stereocenters. The van der Waals surface area contributed by atoms with E-state index in [4.69, 9.17) is 16.1 Å². The number of alkyl halides is 3. The molecule has 1 aromatic carbocycles. The van der Waals surface area contributed by atoms with Gasteiger partial charge in [-0.2, -0.15) is 18.2 Å². The molecule has 8 heteroatoms. The predicted octanol–water partition coefficient (Wildman–Crippen LogP) is 4.47. The maximum absolute atomic E-state index is 13.0. The van der Waals surface area contributed by atoms with Gasteiger partial charge in [-0.1, -0.05) is 16.8 Å². The van der Waals surface area contributed by atoms with Gasteiger partial charge in [-0.05, 0) is 30.3 Å². The Bertz CT molecular complexity index is 800. The normalized spacial score (nSPS) is 11.6. The summed E-state index contributed by atoms with van der Waals surface area (Å²) in [6.07, 6.45) is -2.41. The van der Waals surface area contributed by atoms with E-state index in [0.29, 0.717) is 10.6 Å². The topological polar surface area (TPSA) is 51.8 Å². The zero-order valence-electron chi connectivity index (χ0n) is 10.8. The van der Waals surface area contributed by atoms with E-state index in [1.807, 2.05) is 0 Å². The third-order valence-corrected chi connectivity index (χ3v) is 3.14. The van der Waals surface area contributed by atoms with Crippen molar-refractivity contribution in [3.8, 4) is 22.8 Å². The molecule has 0 radical (unpaired) electrons. The zero-order chi connectivity index (χ0) is 15.7. The van der Waals surface area contributed by atoms with Crippen LogP contribution in [0.3, 0.4) is 0 Å². The van der Waals surface area contributed by atoms with Gasteiger partial charge in [0.15, 0.2) is 0 Å². The second kappa shape index (κ2) is 5.42. The highest BCUT2D eigenvalue weighted by Crippen LogP contribution is 2.35. The Morgan fingerprint density at radius 2 is 1.77 bits per heavy atom. The molecule has 2 heterocycles. The van der Waals surface area contributed by atoms with E-state index in [0.717, 1.165) is 18.5 Å². The number of benzene rings is 1. The third kappa shape index (κ3) is 2.80. The molecule has 0 aliphatic rings. The minimum absolute atomic E-state index is 0.101. The van der Waals surface area contributed by atoms with Gasteiger partial charge in [0.05, 0.1) is 11.1 Å². The van der Waals surface area contributed by atoms with Crippen LogP contribution in [0.1, 0.15) is 5.56 Å². The molecule has 3 aromatic rings. The van der Waals surface area contributed by atoms with Gasteiger partial charge in [0.2, 0.25) is 5.82 Å². The molecular weight excluding hydrogens is 319 g/mol. The van der Waals surface area contributed by atoms with Crippen molar-refractivity contribution in [3.05, 3.63) is 53.3 Å². The number of hydrogen-bond acceptors (Lipinski definition) is 4. The van der Waals surface area contributed by atoms with Gasteiger partial charge in [0.25, 0.3) is 5.89 Å². The van der Waals surface area contributed by atoms with Gasteiger partial charge < -0.3 is 4.52 Å². The molecule has 0 fully saturated rings. The first-order valence-corrected chi connectivity index (χ1v) is 6.44. The fourth-order valence-corrected chi connectivity index (χ4v) is 1.99. The van der Waals surface area contributed by atoms with Gasteiger partial charge >= 0.3 is 6.18 Å². The summed E-state index contributed by atoms with van der Waals surface area (Å²) in [4.78, 5) is 7.68. The fraction of sp³-hybridized carbons (Fsp3) is 0.0714. The summed E-state index contributed by atoms with van der Waals surface area (Å²) in [5, 5.41) is 4.12. The summed E-state index contributed by atoms with van der Waals surface area (Å²) in [5.74, 6) is -0.0750. The Kier molecular flexibility index (Phi) is 3.58. The van der Waals surface area contributed by atoms with Crippen LogP contribution in [-0.4, -0.2) is 15.1 Å². The molecular formula is C14H7ClF3N3O. The minimum Gasteiger partial charge on any atom is -0.334 e. The van der Waals surface area contributed by atoms with Crippen molar-refractivity contribution in [3.63, 3.8) is 0 Å². The second-order valence-corrected chi connectivity index (χ2v) is 4.79. The van der Waals surface area contributed by atoms with Crippen LogP contribution >= 0.6 is 11.6 Å². The molecule has 0 saturated heterocycles. The van der Waals surface area contributed by atoms with Crippen LogP contribution in [0.15, 0.2) is 47.2 Å². The van der Waals surface area contributed by atoms with Gasteiger partial charge in [0, 0.05) is 23.0 Å². The molecule has 0 bridgehead atoms. The fourth-order valence-electron chi connectivity index (χ4n) is 1.86. The molecule has 4 nitrogen and oxygen atoms in total. The first kappa shape index (κ1) is 14.5. The Morgan fingerprint density at radius 1 is 1.05 bits per heavy atom. The average Bonchev–Trinajstić information content (AvgIpc) is 2.97. The largest absolute Gasteiger partial charge is 0.417 e. The number of rotatable bonds is 2. The zero-order valence-corrected chi connectivity index (χ0v) is 11.6. The summed E-state index contributed by atoms with van der Waals surface area (Å²) in [7, 11) is 0. The number of hydrogen-bond donors (Lipinski definition) is 0. The van der Waals surface area contributed by atoms with E-state index in [1.165, 1.54) is 0 Å². The molecule has 0 spiro atoms. The van der Waals surface area contributed by atoms with E-state index < -0.39 is 11.7 Å². The van der Waals surface area contributed by atoms with Crippen molar-refractivity contribution >= 4 is 11.6 Å². The molecule has 0 N–H and O–H groups in total. The second-order valence-electron chi connectivity index (χ2n) is 4.35. The van der Waals surface area contributed by atoms with Gasteiger partial charge in [-0.25, -0.2) is 0 Å². The van der Waals surface area contributed by atoms with Crippen molar-refractivity contribution in [2.24, 2.45) is 0 Å². The molecule has 2 aromatic heterocycles. The summed E-state index contributed by atoms with van der Waals surface area (Å²) < 4.78 is 44.0. The summed E-state index contributed by atoms with van der Waals surface area (Å²) >= 11 is 5.77. The molecule has 22 heavy (non-hydrogen) atoms. The number of nitrogens with zero attached hydrogens (tertiary/aromatic N) is 3. The highest BCUT2D eigenvalue weighted by Gasteiger charge is 2.34. The number of aromatic nitrogens is 3. The standard InChI is InChI=1S/C14H7ClF3N3O/c15-9-3-1-8(2-4-9)13-20-12(21-22-13)10-7-19-6-5-11(10)14(16,17)18/h1-7H. The van der Waals surface area contributed by atoms with Crippen LogP contribution < -0.4 is 0 Å². The summed E-state index contributed by atoms with van der Waals surface area (Å²) in [5.41, 5.74) is -0.550. The van der Waals surface area contributed by atoms with Crippen LogP contribution in [0.25, 0.3) is 22.8 Å². The summed E-state index contributed by atoms with van der Waals surface area (Å²) in [6, 6.07) is 7.37. The highest BCUT2D eigenvalue weighted by molar-refractivity contribution is 6.30. The first-order chi connectivity index (χ1) is 10.4. The van der Waals surface area contributed by atoms with E-state index in [1.54, 1.807) is 24.3 Å². The van der Waals surface area contributed by atoms with Crippen molar-refractivity contribution in [1.29, 1.82) is 0 Å². The van der Waals surface area contributed by atoms with E-state index >= 15 is 0 Å². The quantitative estimate of drug-likeness (QED) is 0.697. The smallest absolute Gasteiger partial charge is 0.334 e.